The number of benzene rings is 2. The van der Waals surface area contributed by atoms with Gasteiger partial charge in [-0.15, -0.1) is 0 Å². The Kier molecular flexibility index (Phi) is 6.42. The summed E-state index contributed by atoms with van der Waals surface area (Å²) in [4.78, 5) is 21.0. The van der Waals surface area contributed by atoms with Gasteiger partial charge in [0.15, 0.2) is 5.82 Å². The zero-order valence-electron chi connectivity index (χ0n) is 20.1. The smallest absolute Gasteiger partial charge is 0.301 e. The van der Waals surface area contributed by atoms with Crippen LogP contribution in [-0.4, -0.2) is 54.8 Å². The Bertz CT molecular complexity index is 1600. The Labute approximate surface area is 212 Å². The van der Waals surface area contributed by atoms with E-state index in [1.807, 2.05) is 31.2 Å². The lowest BCUT2D eigenvalue weighted by molar-refractivity contribution is 0.103. The molecule has 3 heterocycles. The lowest BCUT2D eigenvalue weighted by Crippen LogP contribution is -2.34. The summed E-state index contributed by atoms with van der Waals surface area (Å²) in [5, 5.41) is 0.474. The molecular formula is C26H24F2N4O4S. The number of ether oxygens (including phenoxy) is 1. The van der Waals surface area contributed by atoms with Gasteiger partial charge < -0.3 is 9.72 Å². The van der Waals surface area contributed by atoms with Gasteiger partial charge in [0.25, 0.3) is 0 Å². The molecule has 37 heavy (non-hydrogen) atoms. The number of rotatable bonds is 7. The van der Waals surface area contributed by atoms with Crippen molar-refractivity contribution in [1.82, 2.24) is 14.3 Å². The first-order valence-electron chi connectivity index (χ1n) is 11.5. The zero-order valence-corrected chi connectivity index (χ0v) is 20.9. The molecule has 0 spiro atoms. The average molecular weight is 527 g/mol. The van der Waals surface area contributed by atoms with E-state index < -0.39 is 39.2 Å². The second-order valence-corrected chi connectivity index (χ2v) is 10.5. The van der Waals surface area contributed by atoms with Crippen molar-refractivity contribution in [1.29, 1.82) is 0 Å². The van der Waals surface area contributed by atoms with E-state index in [-0.39, 0.29) is 30.8 Å². The molecule has 0 radical (unpaired) electrons. The number of aromatic nitrogens is 2. The predicted octanol–water partition coefficient (Wildman–Crippen LogP) is 4.62. The van der Waals surface area contributed by atoms with Crippen LogP contribution in [0.2, 0.25) is 0 Å². The van der Waals surface area contributed by atoms with Gasteiger partial charge in [-0.2, -0.15) is 12.7 Å². The van der Waals surface area contributed by atoms with Gasteiger partial charge in [-0.25, -0.2) is 13.8 Å². The van der Waals surface area contributed by atoms with Crippen LogP contribution in [0.1, 0.15) is 27.9 Å². The van der Waals surface area contributed by atoms with Crippen LogP contribution >= 0.6 is 0 Å². The topological polar surface area (TPSA) is 104 Å². The van der Waals surface area contributed by atoms with Crippen LogP contribution in [0.4, 0.5) is 14.5 Å². The van der Waals surface area contributed by atoms with E-state index in [0.29, 0.717) is 11.0 Å². The van der Waals surface area contributed by atoms with Gasteiger partial charge >= 0.3 is 10.2 Å². The quantitative estimate of drug-likeness (QED) is 0.342. The molecule has 0 unspecified atom stereocenters. The second kappa shape index (κ2) is 9.56. The molecule has 1 aliphatic rings. The number of alkyl halides is 1. The first kappa shape index (κ1) is 24.8. The fourth-order valence-corrected chi connectivity index (χ4v) is 5.63. The number of methoxy groups -OCH3 is 1. The number of hydrogen-bond acceptors (Lipinski definition) is 5. The number of nitrogens with one attached hydrogen (secondary N) is 2. The fourth-order valence-electron chi connectivity index (χ4n) is 4.36. The summed E-state index contributed by atoms with van der Waals surface area (Å²) in [5.41, 5.74) is 2.48. The number of halogens is 2. The van der Waals surface area contributed by atoms with Crippen molar-refractivity contribution in [3.63, 3.8) is 0 Å². The molecule has 2 aromatic heterocycles. The molecule has 0 amide bonds. The number of aryl methyl sites for hydroxylation is 1. The maximum atomic E-state index is 15.7. The third-order valence-electron chi connectivity index (χ3n) is 6.38. The van der Waals surface area contributed by atoms with E-state index >= 15 is 4.39 Å². The average Bonchev–Trinajstić information content (AvgIpc) is 3.51. The largest absolute Gasteiger partial charge is 0.496 e. The molecule has 192 valence electrons. The zero-order chi connectivity index (χ0) is 26.3. The summed E-state index contributed by atoms with van der Waals surface area (Å²) in [6.45, 7) is 1.64. The lowest BCUT2D eigenvalue weighted by atomic mass is 9.99. The van der Waals surface area contributed by atoms with Gasteiger partial charge in [-0.3, -0.25) is 9.52 Å². The first-order valence-corrected chi connectivity index (χ1v) is 13.0. The maximum absolute atomic E-state index is 15.7. The SMILES string of the molecule is COc1ccc(NS(=O)(=O)N2CC[C@@H](F)C2)c(F)c1C(=O)c1c[nH]c2ncc(-c3ccc(C)cc3)cc12. The summed E-state index contributed by atoms with van der Waals surface area (Å²) < 4.78 is 62.9. The number of H-pyrrole nitrogens is 1. The second-order valence-electron chi connectivity index (χ2n) is 8.87. The monoisotopic (exact) mass is 526 g/mol. The van der Waals surface area contributed by atoms with Crippen molar-refractivity contribution in [2.24, 2.45) is 0 Å². The van der Waals surface area contributed by atoms with E-state index in [9.17, 15) is 17.6 Å². The maximum Gasteiger partial charge on any atom is 0.301 e. The molecule has 2 aromatic carbocycles. The standard InChI is InChI=1S/C26H24F2N4O4S/c1-15-3-5-16(6-4-15)17-11-19-20(13-30-26(19)29-12-17)25(33)23-22(36-2)8-7-21(24(23)28)31-37(34,35)32-10-9-18(27)14-32/h3-8,11-13,18,31H,9-10,14H2,1-2H3,(H,29,30)/t18-/m1/s1. The number of hydrogen-bond donors (Lipinski definition) is 2. The molecule has 4 aromatic rings. The first-order chi connectivity index (χ1) is 17.7. The van der Waals surface area contributed by atoms with Crippen LogP contribution in [0.5, 0.6) is 5.75 Å². The molecule has 1 aliphatic heterocycles. The third kappa shape index (κ3) is 4.67. The fraction of sp³-hybridized carbons (Fsp3) is 0.231. The van der Waals surface area contributed by atoms with Crippen LogP contribution in [-0.2, 0) is 10.2 Å². The third-order valence-corrected chi connectivity index (χ3v) is 7.87. The molecule has 0 bridgehead atoms. The molecule has 2 N–H and O–H groups in total. The number of nitrogens with zero attached hydrogens (tertiary/aromatic N) is 2. The van der Waals surface area contributed by atoms with Gasteiger partial charge in [-0.05, 0) is 37.1 Å². The molecule has 11 heteroatoms. The normalized spacial score (nSPS) is 16.3. The molecule has 5 rings (SSSR count). The number of ketones is 1. The summed E-state index contributed by atoms with van der Waals surface area (Å²) in [6.07, 6.45) is 1.89. The van der Waals surface area contributed by atoms with E-state index in [4.69, 9.17) is 4.74 Å². The van der Waals surface area contributed by atoms with Crippen molar-refractivity contribution < 1.29 is 26.7 Å². The minimum absolute atomic E-state index is 0.0221. The Hall–Kier alpha value is -3.83. The van der Waals surface area contributed by atoms with Crippen LogP contribution in [0, 0.1) is 12.7 Å². The minimum Gasteiger partial charge on any atom is -0.496 e. The Morgan fingerprint density at radius 1 is 1.19 bits per heavy atom. The van der Waals surface area contributed by atoms with E-state index in [0.717, 1.165) is 27.1 Å². The van der Waals surface area contributed by atoms with Crippen LogP contribution in [0.25, 0.3) is 22.2 Å². The summed E-state index contributed by atoms with van der Waals surface area (Å²) in [5.74, 6) is -1.87. The number of pyridine rings is 1. The van der Waals surface area contributed by atoms with Gasteiger partial charge in [0.2, 0.25) is 5.78 Å². The van der Waals surface area contributed by atoms with Gasteiger partial charge in [-0.1, -0.05) is 29.8 Å². The van der Waals surface area contributed by atoms with Gasteiger partial charge in [0, 0.05) is 42.0 Å². The summed E-state index contributed by atoms with van der Waals surface area (Å²) in [7, 11) is -2.94. The highest BCUT2D eigenvalue weighted by atomic mass is 32.2. The van der Waals surface area contributed by atoms with Crippen molar-refractivity contribution in [2.75, 3.05) is 24.9 Å². The Balaban J connectivity index is 1.54. The Morgan fingerprint density at radius 2 is 1.95 bits per heavy atom. The van der Waals surface area contributed by atoms with Crippen molar-refractivity contribution in [3.05, 3.63) is 77.4 Å². The predicted molar refractivity (Wildman–Crippen MR) is 136 cm³/mol. The van der Waals surface area contributed by atoms with Crippen LogP contribution < -0.4 is 9.46 Å². The minimum atomic E-state index is -4.22. The molecule has 0 saturated carbocycles. The van der Waals surface area contributed by atoms with E-state index in [1.165, 1.54) is 19.4 Å². The number of aromatic amines is 1. The molecule has 8 nitrogen and oxygen atoms in total. The molecule has 1 saturated heterocycles. The number of carbonyl (C=O) groups is 1. The lowest BCUT2D eigenvalue weighted by Gasteiger charge is -2.18. The van der Waals surface area contributed by atoms with Crippen molar-refractivity contribution in [3.8, 4) is 16.9 Å². The molecule has 1 fully saturated rings. The van der Waals surface area contributed by atoms with Crippen LogP contribution in [0.15, 0.2) is 54.9 Å². The van der Waals surface area contributed by atoms with E-state index in [2.05, 4.69) is 14.7 Å². The molecule has 1 atom stereocenters. The molecular weight excluding hydrogens is 502 g/mol. The van der Waals surface area contributed by atoms with Crippen LogP contribution in [0.3, 0.4) is 0 Å². The van der Waals surface area contributed by atoms with Crippen molar-refractivity contribution >= 4 is 32.7 Å². The van der Waals surface area contributed by atoms with Gasteiger partial charge in [0.1, 0.15) is 23.1 Å². The number of fused-ring (bicyclic) bond motifs is 1. The Morgan fingerprint density at radius 3 is 2.62 bits per heavy atom. The number of anilines is 1. The van der Waals surface area contributed by atoms with Gasteiger partial charge in [0.05, 0.1) is 12.8 Å². The highest BCUT2D eigenvalue weighted by Gasteiger charge is 2.33. The molecule has 0 aliphatic carbocycles. The van der Waals surface area contributed by atoms with E-state index in [1.54, 1.807) is 12.3 Å². The highest BCUT2D eigenvalue weighted by molar-refractivity contribution is 7.90. The summed E-state index contributed by atoms with van der Waals surface area (Å²) >= 11 is 0. The number of carbonyl (C=O) groups excluding carboxylic acids is 1. The summed E-state index contributed by atoms with van der Waals surface area (Å²) in [6, 6.07) is 12.1. The van der Waals surface area contributed by atoms with Crippen molar-refractivity contribution in [2.45, 2.75) is 19.5 Å². The highest BCUT2D eigenvalue weighted by Crippen LogP contribution is 2.33.